The first-order valence-electron chi connectivity index (χ1n) is 6.37. The lowest BCUT2D eigenvalue weighted by Crippen LogP contribution is -2.12. The van der Waals surface area contributed by atoms with Gasteiger partial charge in [0.1, 0.15) is 12.1 Å². The maximum atomic E-state index is 12.1. The van der Waals surface area contributed by atoms with Crippen molar-refractivity contribution in [2.24, 2.45) is 0 Å². The Labute approximate surface area is 124 Å². The van der Waals surface area contributed by atoms with Gasteiger partial charge in [0, 0.05) is 5.56 Å². The minimum atomic E-state index is -0.226. The molecular formula is C13H13N5O2S. The van der Waals surface area contributed by atoms with Gasteiger partial charge in [-0.05, 0) is 38.1 Å². The third-order valence-electron chi connectivity index (χ3n) is 2.60. The third-order valence-corrected chi connectivity index (χ3v) is 3.42. The SMILES string of the molecule is CC(C)Oc1ccc(C(=O)Nc2nn3cnnc3s2)cc1. The van der Waals surface area contributed by atoms with Gasteiger partial charge in [-0.1, -0.05) is 11.3 Å². The second-order valence-electron chi connectivity index (χ2n) is 4.61. The molecule has 0 aliphatic heterocycles. The van der Waals surface area contributed by atoms with Gasteiger partial charge < -0.3 is 4.74 Å². The van der Waals surface area contributed by atoms with Crippen molar-refractivity contribution in [3.8, 4) is 5.75 Å². The summed E-state index contributed by atoms with van der Waals surface area (Å²) in [4.78, 5) is 12.7. The molecule has 0 spiro atoms. The monoisotopic (exact) mass is 303 g/mol. The molecule has 0 fully saturated rings. The molecule has 0 aliphatic rings. The third kappa shape index (κ3) is 3.00. The Morgan fingerprint density at radius 1 is 1.33 bits per heavy atom. The van der Waals surface area contributed by atoms with Crippen molar-refractivity contribution in [1.82, 2.24) is 19.8 Å². The second-order valence-corrected chi connectivity index (χ2v) is 5.57. The molecule has 0 bridgehead atoms. The fraction of sp³-hybridized carbons (Fsp3) is 0.231. The van der Waals surface area contributed by atoms with E-state index in [0.717, 1.165) is 5.75 Å². The minimum Gasteiger partial charge on any atom is -0.491 e. The number of rotatable bonds is 4. The molecule has 8 heteroatoms. The number of ether oxygens (including phenoxy) is 1. The van der Waals surface area contributed by atoms with E-state index in [2.05, 4.69) is 20.6 Å². The van der Waals surface area contributed by atoms with Crippen LogP contribution in [0.4, 0.5) is 5.13 Å². The molecule has 3 aromatic rings. The van der Waals surface area contributed by atoms with E-state index in [1.165, 1.54) is 22.2 Å². The quantitative estimate of drug-likeness (QED) is 0.799. The first-order chi connectivity index (χ1) is 10.1. The summed E-state index contributed by atoms with van der Waals surface area (Å²) < 4.78 is 7.05. The first kappa shape index (κ1) is 13.5. The molecule has 1 N–H and O–H groups in total. The fourth-order valence-corrected chi connectivity index (χ4v) is 2.45. The van der Waals surface area contributed by atoms with Crippen LogP contribution < -0.4 is 10.1 Å². The van der Waals surface area contributed by atoms with Gasteiger partial charge in [-0.15, -0.1) is 15.3 Å². The van der Waals surface area contributed by atoms with Gasteiger partial charge in [-0.3, -0.25) is 10.1 Å². The van der Waals surface area contributed by atoms with Crippen LogP contribution in [0.2, 0.25) is 0 Å². The Hall–Kier alpha value is -2.48. The standard InChI is InChI=1S/C13H13N5O2S/c1-8(2)20-10-5-3-9(4-6-10)11(19)15-12-17-18-7-14-16-13(18)21-12/h3-8H,1-2H3,(H,15,17,19). The lowest BCUT2D eigenvalue weighted by Gasteiger charge is -2.09. The molecule has 0 radical (unpaired) electrons. The van der Waals surface area contributed by atoms with Gasteiger partial charge in [0.05, 0.1) is 6.10 Å². The number of fused-ring (bicyclic) bond motifs is 1. The molecule has 0 unspecified atom stereocenters. The molecule has 1 amide bonds. The lowest BCUT2D eigenvalue weighted by atomic mass is 10.2. The Morgan fingerprint density at radius 3 is 2.76 bits per heavy atom. The molecule has 108 valence electrons. The number of amides is 1. The Balaban J connectivity index is 1.71. The first-order valence-corrected chi connectivity index (χ1v) is 7.18. The molecule has 3 rings (SSSR count). The highest BCUT2D eigenvalue weighted by Crippen LogP contribution is 2.19. The van der Waals surface area contributed by atoms with Crippen molar-refractivity contribution in [3.05, 3.63) is 36.2 Å². The smallest absolute Gasteiger partial charge is 0.257 e. The highest BCUT2D eigenvalue weighted by Gasteiger charge is 2.11. The van der Waals surface area contributed by atoms with Crippen LogP contribution in [0.5, 0.6) is 5.75 Å². The molecule has 2 heterocycles. The minimum absolute atomic E-state index is 0.102. The normalized spacial score (nSPS) is 11.0. The zero-order valence-corrected chi connectivity index (χ0v) is 12.3. The molecule has 0 aliphatic carbocycles. The van der Waals surface area contributed by atoms with Gasteiger partial charge in [0.2, 0.25) is 10.1 Å². The predicted molar refractivity (Wildman–Crippen MR) is 78.8 cm³/mol. The number of carbonyl (C=O) groups excluding carboxylic acids is 1. The Kier molecular flexibility index (Phi) is 3.53. The molecule has 0 saturated carbocycles. The van der Waals surface area contributed by atoms with Crippen molar-refractivity contribution in [1.29, 1.82) is 0 Å². The highest BCUT2D eigenvalue weighted by molar-refractivity contribution is 7.20. The number of nitrogens with one attached hydrogen (secondary N) is 1. The van der Waals surface area contributed by atoms with Gasteiger partial charge in [0.15, 0.2) is 0 Å². The van der Waals surface area contributed by atoms with Crippen LogP contribution in [-0.4, -0.2) is 31.8 Å². The largest absolute Gasteiger partial charge is 0.491 e. The Morgan fingerprint density at radius 2 is 2.10 bits per heavy atom. The molecule has 1 aromatic carbocycles. The van der Waals surface area contributed by atoms with E-state index in [-0.39, 0.29) is 12.0 Å². The maximum Gasteiger partial charge on any atom is 0.257 e. The van der Waals surface area contributed by atoms with E-state index in [9.17, 15) is 4.79 Å². The maximum absolute atomic E-state index is 12.1. The van der Waals surface area contributed by atoms with Crippen LogP contribution in [-0.2, 0) is 0 Å². The summed E-state index contributed by atoms with van der Waals surface area (Å²) in [5.41, 5.74) is 0.539. The second kappa shape index (κ2) is 5.49. The molecule has 7 nitrogen and oxygen atoms in total. The van der Waals surface area contributed by atoms with Crippen LogP contribution >= 0.6 is 11.3 Å². The van der Waals surface area contributed by atoms with Crippen LogP contribution in [0.3, 0.4) is 0 Å². The zero-order valence-electron chi connectivity index (χ0n) is 11.5. The molecular weight excluding hydrogens is 290 g/mol. The highest BCUT2D eigenvalue weighted by atomic mass is 32.1. The summed E-state index contributed by atoms with van der Waals surface area (Å²) in [6, 6.07) is 6.97. The van der Waals surface area contributed by atoms with Gasteiger partial charge in [-0.25, -0.2) is 0 Å². The number of hydrogen-bond acceptors (Lipinski definition) is 6. The summed E-state index contributed by atoms with van der Waals surface area (Å²) in [6.45, 7) is 3.91. The summed E-state index contributed by atoms with van der Waals surface area (Å²) >= 11 is 1.26. The molecule has 2 aromatic heterocycles. The summed E-state index contributed by atoms with van der Waals surface area (Å²) in [5, 5.41) is 14.9. The number of aromatic nitrogens is 4. The molecule has 0 saturated heterocycles. The molecule has 0 atom stereocenters. The van der Waals surface area contributed by atoms with Gasteiger partial charge in [0.25, 0.3) is 5.91 Å². The van der Waals surface area contributed by atoms with Crippen molar-refractivity contribution in [3.63, 3.8) is 0 Å². The van der Waals surface area contributed by atoms with Crippen molar-refractivity contribution in [2.45, 2.75) is 20.0 Å². The van der Waals surface area contributed by atoms with Gasteiger partial charge in [-0.2, -0.15) is 4.52 Å². The number of benzene rings is 1. The van der Waals surface area contributed by atoms with E-state index in [1.807, 2.05) is 13.8 Å². The summed E-state index contributed by atoms with van der Waals surface area (Å²) in [5.74, 6) is 0.511. The summed E-state index contributed by atoms with van der Waals surface area (Å²) in [7, 11) is 0. The summed E-state index contributed by atoms with van der Waals surface area (Å²) in [6.07, 6.45) is 1.59. The number of anilines is 1. The van der Waals surface area contributed by atoms with E-state index in [0.29, 0.717) is 15.7 Å². The van der Waals surface area contributed by atoms with Gasteiger partial charge >= 0.3 is 0 Å². The molecule has 21 heavy (non-hydrogen) atoms. The number of carbonyl (C=O) groups is 1. The topological polar surface area (TPSA) is 81.4 Å². The average molecular weight is 303 g/mol. The van der Waals surface area contributed by atoms with Crippen molar-refractivity contribution in [2.75, 3.05) is 5.32 Å². The van der Waals surface area contributed by atoms with E-state index in [1.54, 1.807) is 24.3 Å². The fourth-order valence-electron chi connectivity index (χ4n) is 1.74. The average Bonchev–Trinajstić information content (AvgIpc) is 2.99. The van der Waals surface area contributed by atoms with E-state index in [4.69, 9.17) is 4.74 Å². The van der Waals surface area contributed by atoms with E-state index >= 15 is 0 Å². The van der Waals surface area contributed by atoms with Crippen LogP contribution in [0.15, 0.2) is 30.6 Å². The number of hydrogen-bond donors (Lipinski definition) is 1. The van der Waals surface area contributed by atoms with Crippen LogP contribution in [0, 0.1) is 0 Å². The predicted octanol–water partition coefficient (Wildman–Crippen LogP) is 2.23. The van der Waals surface area contributed by atoms with E-state index < -0.39 is 0 Å². The van der Waals surface area contributed by atoms with Crippen LogP contribution in [0.1, 0.15) is 24.2 Å². The lowest BCUT2D eigenvalue weighted by molar-refractivity contribution is 0.102. The van der Waals surface area contributed by atoms with Crippen LogP contribution in [0.25, 0.3) is 4.96 Å². The number of nitrogens with zero attached hydrogens (tertiary/aromatic N) is 4. The van der Waals surface area contributed by atoms with Crippen molar-refractivity contribution < 1.29 is 9.53 Å². The van der Waals surface area contributed by atoms with Crippen molar-refractivity contribution >= 4 is 27.3 Å². The zero-order chi connectivity index (χ0) is 14.8. The Bertz CT molecular complexity index is 734.